The first-order valence-corrected chi connectivity index (χ1v) is 1.22. The summed E-state index contributed by atoms with van der Waals surface area (Å²) < 4.78 is 3.33. The summed E-state index contributed by atoms with van der Waals surface area (Å²) in [7, 11) is -1.85. The van der Waals surface area contributed by atoms with Crippen LogP contribution < -0.4 is 18.9 Å². The van der Waals surface area contributed by atoms with Gasteiger partial charge < -0.3 is 11.5 Å². The van der Waals surface area contributed by atoms with Gasteiger partial charge in [-0.1, -0.05) is 0 Å². The van der Waals surface area contributed by atoms with Crippen LogP contribution in [0.25, 0.3) is 0 Å². The van der Waals surface area contributed by atoms with Crippen molar-refractivity contribution >= 4 is 19.2 Å². The molecular formula is H3BClLiO3. The monoisotopic (exact) mass is 104 g/mol. The SMILES string of the molecule is OB(O)OCl.[H-].[Li+]. The number of halogens is 1. The molecule has 0 bridgehead atoms. The topological polar surface area (TPSA) is 49.7 Å². The van der Waals surface area contributed by atoms with E-state index in [0.717, 1.165) is 0 Å². The second-order valence-corrected chi connectivity index (χ2v) is 0.594. The molecule has 0 aromatic rings. The molecule has 0 unspecified atom stereocenters. The molecule has 0 aromatic heterocycles. The maximum absolute atomic E-state index is 7.56. The number of rotatable bonds is 1. The molecule has 0 atom stereocenters. The molecule has 0 aliphatic carbocycles. The Morgan fingerprint density at radius 3 is 1.83 bits per heavy atom. The van der Waals surface area contributed by atoms with E-state index in [0.29, 0.717) is 0 Å². The summed E-state index contributed by atoms with van der Waals surface area (Å²) in [6.07, 6.45) is 0. The number of hydrogen-bond donors (Lipinski definition) is 2. The van der Waals surface area contributed by atoms with E-state index in [1.165, 1.54) is 0 Å². The van der Waals surface area contributed by atoms with Crippen LogP contribution in [-0.2, 0) is 4.21 Å². The van der Waals surface area contributed by atoms with Crippen molar-refractivity contribution in [2.75, 3.05) is 0 Å². The van der Waals surface area contributed by atoms with Crippen molar-refractivity contribution in [3.8, 4) is 0 Å². The molecule has 0 saturated heterocycles. The first-order chi connectivity index (χ1) is 2.27. The smallest absolute Gasteiger partial charge is 1.00 e. The molecule has 32 valence electrons. The molecule has 3 nitrogen and oxygen atoms in total. The Morgan fingerprint density at radius 2 is 1.83 bits per heavy atom. The second-order valence-electron chi connectivity index (χ2n) is 0.415. The fourth-order valence-electron chi connectivity index (χ4n) is 0. The molecule has 0 heterocycles. The number of hydrogen-bond acceptors (Lipinski definition) is 3. The fraction of sp³-hybridized carbons (Fsp3) is 0. The molecule has 0 fully saturated rings. The molecule has 0 amide bonds. The van der Waals surface area contributed by atoms with Crippen LogP contribution in [-0.4, -0.2) is 17.4 Å². The summed E-state index contributed by atoms with van der Waals surface area (Å²) in [6, 6.07) is 0. The Hall–Kier alpha value is 0.832. The molecule has 2 N–H and O–H groups in total. The zero-order chi connectivity index (χ0) is 4.28. The van der Waals surface area contributed by atoms with Gasteiger partial charge in [0, 0.05) is 11.9 Å². The van der Waals surface area contributed by atoms with Crippen molar-refractivity contribution in [2.24, 2.45) is 0 Å². The van der Waals surface area contributed by atoms with Crippen LogP contribution in [0.15, 0.2) is 0 Å². The quantitative estimate of drug-likeness (QED) is 0.336. The van der Waals surface area contributed by atoms with Crippen LogP contribution in [0, 0.1) is 0 Å². The van der Waals surface area contributed by atoms with Gasteiger partial charge in [0.1, 0.15) is 0 Å². The van der Waals surface area contributed by atoms with Crippen molar-refractivity contribution in [1.82, 2.24) is 0 Å². The molecule has 0 rings (SSSR count). The van der Waals surface area contributed by atoms with E-state index in [1.807, 2.05) is 0 Å². The maximum atomic E-state index is 7.56. The van der Waals surface area contributed by atoms with Crippen LogP contribution in [0.2, 0.25) is 0 Å². The van der Waals surface area contributed by atoms with Crippen molar-refractivity contribution in [1.29, 1.82) is 0 Å². The minimum absolute atomic E-state index is 0. The molecule has 0 aromatic carbocycles. The summed E-state index contributed by atoms with van der Waals surface area (Å²) in [5.41, 5.74) is 0. The molecule has 0 saturated carbocycles. The Kier molecular flexibility index (Phi) is 9.67. The maximum Gasteiger partial charge on any atom is 1.00 e. The van der Waals surface area contributed by atoms with Crippen LogP contribution in [0.3, 0.4) is 0 Å². The van der Waals surface area contributed by atoms with Crippen molar-refractivity contribution in [3.63, 3.8) is 0 Å². The van der Waals surface area contributed by atoms with Gasteiger partial charge in [-0.05, 0) is 0 Å². The molecular weight excluding hydrogens is 101 g/mol. The first-order valence-electron chi connectivity index (χ1n) is 0.906. The van der Waals surface area contributed by atoms with Gasteiger partial charge in [-0.25, -0.2) is 0 Å². The molecule has 0 radical (unpaired) electrons. The molecule has 0 aliphatic heterocycles. The van der Waals surface area contributed by atoms with Gasteiger partial charge in [-0.3, -0.25) is 4.21 Å². The predicted octanol–water partition coefficient (Wildman–Crippen LogP) is -3.76. The van der Waals surface area contributed by atoms with Crippen LogP contribution in [0.5, 0.6) is 0 Å². The van der Waals surface area contributed by atoms with E-state index in [-0.39, 0.29) is 20.3 Å². The molecule has 6 heavy (non-hydrogen) atoms. The normalized spacial score (nSPS) is 6.50. The third-order valence-corrected chi connectivity index (χ3v) is 0.239. The Labute approximate surface area is 54.3 Å². The van der Waals surface area contributed by atoms with Crippen molar-refractivity contribution in [2.45, 2.75) is 0 Å². The Balaban J connectivity index is -0.0000000800. The summed E-state index contributed by atoms with van der Waals surface area (Å²) in [4.78, 5) is 0. The van der Waals surface area contributed by atoms with Gasteiger partial charge in [-0.15, -0.1) is 0 Å². The predicted molar refractivity (Wildman–Crippen MR) is 18.2 cm³/mol. The van der Waals surface area contributed by atoms with E-state index in [2.05, 4.69) is 16.1 Å². The van der Waals surface area contributed by atoms with Crippen LogP contribution in [0.1, 0.15) is 1.43 Å². The zero-order valence-electron chi connectivity index (χ0n) is 4.26. The van der Waals surface area contributed by atoms with E-state index in [4.69, 9.17) is 10.0 Å². The Morgan fingerprint density at radius 1 is 1.67 bits per heavy atom. The third-order valence-electron chi connectivity index (χ3n) is 0.0797. The van der Waals surface area contributed by atoms with Gasteiger partial charge in [-0.2, -0.15) is 0 Å². The van der Waals surface area contributed by atoms with Gasteiger partial charge in [0.05, 0.1) is 0 Å². The standard InChI is InChI=1S/BClH2O3.Li.H/c2-5-1(3)4;;/h3-4H;;/q;+1;-1. The minimum Gasteiger partial charge on any atom is -1.00 e. The van der Waals surface area contributed by atoms with Crippen LogP contribution >= 0.6 is 11.9 Å². The van der Waals surface area contributed by atoms with Crippen LogP contribution in [0.4, 0.5) is 0 Å². The molecule has 6 heteroatoms. The average Bonchev–Trinajstić information content (AvgIpc) is 1.38. The van der Waals surface area contributed by atoms with Crippen molar-refractivity contribution in [3.05, 3.63) is 0 Å². The van der Waals surface area contributed by atoms with Gasteiger partial charge in [0.15, 0.2) is 0 Å². The van der Waals surface area contributed by atoms with E-state index in [9.17, 15) is 0 Å². The second kappa shape index (κ2) is 5.83. The summed E-state index contributed by atoms with van der Waals surface area (Å²) in [5, 5.41) is 15.1. The van der Waals surface area contributed by atoms with Gasteiger partial charge >= 0.3 is 26.2 Å². The zero-order valence-corrected chi connectivity index (χ0v) is 4.01. The third kappa shape index (κ3) is 8.85. The van der Waals surface area contributed by atoms with E-state index >= 15 is 0 Å². The summed E-state index contributed by atoms with van der Waals surface area (Å²) in [6.45, 7) is 0. The summed E-state index contributed by atoms with van der Waals surface area (Å²) >= 11 is 4.34. The largest absolute Gasteiger partial charge is 1.00 e. The first kappa shape index (κ1) is 9.95. The molecule has 0 spiro atoms. The minimum atomic E-state index is -1.85. The average molecular weight is 104 g/mol. The Bertz CT molecular complexity index is 28.9. The molecule has 0 aliphatic rings. The summed E-state index contributed by atoms with van der Waals surface area (Å²) in [5.74, 6) is 0. The van der Waals surface area contributed by atoms with Gasteiger partial charge in [0.2, 0.25) is 0 Å². The fourth-order valence-corrected chi connectivity index (χ4v) is 0. The van der Waals surface area contributed by atoms with E-state index < -0.39 is 7.32 Å². The van der Waals surface area contributed by atoms with Gasteiger partial charge in [0.25, 0.3) is 0 Å². The van der Waals surface area contributed by atoms with Crippen molar-refractivity contribution < 1.29 is 34.5 Å². The van der Waals surface area contributed by atoms with E-state index in [1.54, 1.807) is 0 Å².